The molecule has 0 aromatic rings. The zero-order valence-electron chi connectivity index (χ0n) is 12.7. The van der Waals surface area contributed by atoms with E-state index in [9.17, 15) is 9.59 Å². The lowest BCUT2D eigenvalue weighted by atomic mass is 10.1. The molecule has 0 aliphatic carbocycles. The maximum Gasteiger partial charge on any atom is 0.326 e. The number of aliphatic carboxylic acids is 1. The van der Waals surface area contributed by atoms with E-state index in [2.05, 4.69) is 10.6 Å². The lowest BCUT2D eigenvalue weighted by molar-refractivity contribution is -0.140. The second-order valence-electron chi connectivity index (χ2n) is 4.70. The van der Waals surface area contributed by atoms with Gasteiger partial charge in [0.25, 0.3) is 5.91 Å². The summed E-state index contributed by atoms with van der Waals surface area (Å²) in [5.41, 5.74) is -0.154. The normalized spacial score (nSPS) is 12.6. The average Bonchev–Trinajstić information content (AvgIpc) is 2.42. The van der Waals surface area contributed by atoms with Crippen molar-refractivity contribution in [3.63, 3.8) is 0 Å². The van der Waals surface area contributed by atoms with Crippen molar-refractivity contribution in [1.29, 1.82) is 5.26 Å². The number of carboxylic acids is 1. The molecule has 0 aromatic carbocycles. The fourth-order valence-corrected chi connectivity index (χ4v) is 1.49. The fraction of sp³-hybridized carbons (Fsp3) is 0.643. The van der Waals surface area contributed by atoms with Crippen LogP contribution in [0.15, 0.2) is 11.8 Å². The predicted molar refractivity (Wildman–Crippen MR) is 77.2 cm³/mol. The molecule has 118 valence electrons. The zero-order valence-corrected chi connectivity index (χ0v) is 12.7. The van der Waals surface area contributed by atoms with Crippen LogP contribution in [0.2, 0.25) is 0 Å². The lowest BCUT2D eigenvalue weighted by Gasteiger charge is -2.16. The standard InChI is InChI=1S/C14H23N3O4/c1-4-21-7-5-6-16-13(18)11(8-15)9-17-12(10(2)3)14(19)20/h9-10,12,17H,4-7H2,1-3H3,(H,16,18)(H,19,20)/b11-9-. The zero-order chi connectivity index (χ0) is 16.3. The summed E-state index contributed by atoms with van der Waals surface area (Å²) < 4.78 is 5.13. The van der Waals surface area contributed by atoms with Crippen LogP contribution in [-0.2, 0) is 14.3 Å². The number of carbonyl (C=O) groups is 2. The average molecular weight is 297 g/mol. The first-order valence-corrected chi connectivity index (χ1v) is 6.89. The van der Waals surface area contributed by atoms with Gasteiger partial charge < -0.3 is 20.5 Å². The van der Waals surface area contributed by atoms with E-state index in [4.69, 9.17) is 15.1 Å². The van der Waals surface area contributed by atoms with Crippen LogP contribution >= 0.6 is 0 Å². The molecular formula is C14H23N3O4. The molecule has 0 aliphatic rings. The molecule has 0 fully saturated rings. The summed E-state index contributed by atoms with van der Waals surface area (Å²) in [5, 5.41) is 23.1. The van der Waals surface area contributed by atoms with Crippen LogP contribution in [0.3, 0.4) is 0 Å². The first-order valence-electron chi connectivity index (χ1n) is 6.89. The lowest BCUT2D eigenvalue weighted by Crippen LogP contribution is -2.38. The van der Waals surface area contributed by atoms with Gasteiger partial charge in [-0.2, -0.15) is 5.26 Å². The summed E-state index contributed by atoms with van der Waals surface area (Å²) in [6.07, 6.45) is 1.80. The molecule has 0 spiro atoms. The van der Waals surface area contributed by atoms with Crippen molar-refractivity contribution in [2.45, 2.75) is 33.2 Å². The number of ether oxygens (including phenoxy) is 1. The van der Waals surface area contributed by atoms with Crippen LogP contribution in [0.1, 0.15) is 27.2 Å². The molecule has 0 bridgehead atoms. The monoisotopic (exact) mass is 297 g/mol. The number of nitrogens with zero attached hydrogens (tertiary/aromatic N) is 1. The Morgan fingerprint density at radius 2 is 2.10 bits per heavy atom. The first-order chi connectivity index (χ1) is 9.93. The molecule has 0 saturated heterocycles. The van der Waals surface area contributed by atoms with Gasteiger partial charge in [0.1, 0.15) is 17.7 Å². The number of carboxylic acid groups (broad SMARTS) is 1. The SMILES string of the molecule is CCOCCCNC(=O)/C(C#N)=C\NC(C(=O)O)C(C)C. The minimum absolute atomic E-state index is 0.154. The van der Waals surface area contributed by atoms with Crippen LogP contribution in [0.5, 0.6) is 0 Å². The van der Waals surface area contributed by atoms with Gasteiger partial charge in [-0.25, -0.2) is 4.79 Å². The van der Waals surface area contributed by atoms with Crippen LogP contribution in [-0.4, -0.2) is 42.8 Å². The molecule has 0 radical (unpaired) electrons. The van der Waals surface area contributed by atoms with E-state index in [1.807, 2.05) is 6.92 Å². The van der Waals surface area contributed by atoms with Crippen molar-refractivity contribution >= 4 is 11.9 Å². The van der Waals surface area contributed by atoms with Gasteiger partial charge in [0.05, 0.1) is 0 Å². The third kappa shape index (κ3) is 7.95. The van der Waals surface area contributed by atoms with Gasteiger partial charge in [0.15, 0.2) is 0 Å². The molecule has 3 N–H and O–H groups in total. The molecule has 1 amide bonds. The van der Waals surface area contributed by atoms with Crippen molar-refractivity contribution in [2.24, 2.45) is 5.92 Å². The second kappa shape index (κ2) is 10.7. The summed E-state index contributed by atoms with van der Waals surface area (Å²) in [5.74, 6) is -1.74. The van der Waals surface area contributed by atoms with Crippen LogP contribution in [0.4, 0.5) is 0 Å². The highest BCUT2D eigenvalue weighted by Crippen LogP contribution is 2.02. The number of hydrogen-bond donors (Lipinski definition) is 3. The van der Waals surface area contributed by atoms with Crippen molar-refractivity contribution in [3.05, 3.63) is 11.8 Å². The third-order valence-corrected chi connectivity index (χ3v) is 2.66. The molecule has 0 rings (SSSR count). The van der Waals surface area contributed by atoms with Gasteiger partial charge in [-0.05, 0) is 19.3 Å². The Bertz CT molecular complexity index is 413. The molecular weight excluding hydrogens is 274 g/mol. The second-order valence-corrected chi connectivity index (χ2v) is 4.70. The van der Waals surface area contributed by atoms with E-state index in [0.717, 1.165) is 6.20 Å². The van der Waals surface area contributed by atoms with Crippen molar-refractivity contribution in [3.8, 4) is 6.07 Å². The van der Waals surface area contributed by atoms with E-state index >= 15 is 0 Å². The van der Waals surface area contributed by atoms with Crippen LogP contribution in [0.25, 0.3) is 0 Å². The summed E-state index contributed by atoms with van der Waals surface area (Å²) in [7, 11) is 0. The van der Waals surface area contributed by atoms with Gasteiger partial charge in [-0.1, -0.05) is 13.8 Å². The van der Waals surface area contributed by atoms with Gasteiger partial charge >= 0.3 is 5.97 Å². The van der Waals surface area contributed by atoms with Gasteiger partial charge in [-0.3, -0.25) is 4.79 Å². The Morgan fingerprint density at radius 1 is 1.43 bits per heavy atom. The van der Waals surface area contributed by atoms with E-state index < -0.39 is 17.9 Å². The van der Waals surface area contributed by atoms with E-state index in [1.165, 1.54) is 0 Å². The fourth-order valence-electron chi connectivity index (χ4n) is 1.49. The minimum Gasteiger partial charge on any atom is -0.480 e. The number of amides is 1. The third-order valence-electron chi connectivity index (χ3n) is 2.66. The van der Waals surface area contributed by atoms with Crippen molar-refractivity contribution in [1.82, 2.24) is 10.6 Å². The Morgan fingerprint density at radius 3 is 2.57 bits per heavy atom. The number of hydrogen-bond acceptors (Lipinski definition) is 5. The molecule has 21 heavy (non-hydrogen) atoms. The van der Waals surface area contributed by atoms with Gasteiger partial charge in [0, 0.05) is 26.0 Å². The number of nitrogens with one attached hydrogen (secondary N) is 2. The molecule has 0 aromatic heterocycles. The molecule has 7 nitrogen and oxygen atoms in total. The topological polar surface area (TPSA) is 111 Å². The quantitative estimate of drug-likeness (QED) is 0.310. The molecule has 0 saturated carbocycles. The van der Waals surface area contributed by atoms with Crippen LogP contribution < -0.4 is 10.6 Å². The summed E-state index contributed by atoms with van der Waals surface area (Å²) in [4.78, 5) is 22.7. The highest BCUT2D eigenvalue weighted by atomic mass is 16.5. The van der Waals surface area contributed by atoms with Gasteiger partial charge in [0.2, 0.25) is 0 Å². The maximum atomic E-state index is 11.7. The Balaban J connectivity index is 4.41. The van der Waals surface area contributed by atoms with Gasteiger partial charge in [-0.15, -0.1) is 0 Å². The first kappa shape index (κ1) is 18.9. The number of rotatable bonds is 10. The van der Waals surface area contributed by atoms with E-state index in [0.29, 0.717) is 26.2 Å². The highest BCUT2D eigenvalue weighted by molar-refractivity contribution is 5.97. The molecule has 1 unspecified atom stereocenters. The highest BCUT2D eigenvalue weighted by Gasteiger charge is 2.20. The summed E-state index contributed by atoms with van der Waals surface area (Å²) >= 11 is 0. The molecule has 1 atom stereocenters. The smallest absolute Gasteiger partial charge is 0.326 e. The number of nitriles is 1. The Labute approximate surface area is 125 Å². The van der Waals surface area contributed by atoms with E-state index in [-0.39, 0.29) is 11.5 Å². The summed E-state index contributed by atoms with van der Waals surface area (Å²) in [6, 6.07) is 0.901. The predicted octanol–water partition coefficient (Wildman–Crippen LogP) is 0.635. The largest absolute Gasteiger partial charge is 0.480 e. The summed E-state index contributed by atoms with van der Waals surface area (Å²) in [6.45, 7) is 6.90. The van der Waals surface area contributed by atoms with E-state index in [1.54, 1.807) is 19.9 Å². The molecule has 0 heterocycles. The Hall–Kier alpha value is -2.07. The Kier molecular flexibility index (Phi) is 9.63. The minimum atomic E-state index is -1.03. The van der Waals surface area contributed by atoms with Crippen molar-refractivity contribution in [2.75, 3.05) is 19.8 Å². The molecule has 0 aliphatic heterocycles. The number of carbonyl (C=O) groups excluding carboxylic acids is 1. The maximum absolute atomic E-state index is 11.7. The van der Waals surface area contributed by atoms with Crippen molar-refractivity contribution < 1.29 is 19.4 Å². The molecule has 7 heteroatoms. The van der Waals surface area contributed by atoms with Crippen LogP contribution in [0, 0.1) is 17.2 Å².